The van der Waals surface area contributed by atoms with Crippen molar-refractivity contribution >= 4 is 34.6 Å². The molecule has 2 aromatic rings. The minimum Gasteiger partial charge on any atom is -0.274 e. The molecule has 0 aliphatic rings. The Morgan fingerprint density at radius 2 is 2.24 bits per heavy atom. The Morgan fingerprint density at radius 3 is 3.00 bits per heavy atom. The van der Waals surface area contributed by atoms with E-state index in [9.17, 15) is 4.79 Å². The van der Waals surface area contributed by atoms with E-state index in [2.05, 4.69) is 15.5 Å². The van der Waals surface area contributed by atoms with Gasteiger partial charge in [-0.1, -0.05) is 29.8 Å². The van der Waals surface area contributed by atoms with Gasteiger partial charge in [-0.3, -0.25) is 4.79 Å². The Bertz CT molecular complexity index is 595. The van der Waals surface area contributed by atoms with Crippen molar-refractivity contribution < 1.29 is 4.79 Å². The van der Waals surface area contributed by atoms with E-state index in [-0.39, 0.29) is 5.91 Å². The Morgan fingerprint density at radius 1 is 1.47 bits per heavy atom. The minimum atomic E-state index is -0.230. The summed E-state index contributed by atoms with van der Waals surface area (Å²) in [6, 6.07) is 9.52. The van der Waals surface area contributed by atoms with E-state index in [1.54, 1.807) is 0 Å². The van der Waals surface area contributed by atoms with Gasteiger partial charge in [-0.15, -0.1) is 0 Å². The zero-order chi connectivity index (χ0) is 12.3. The van der Waals surface area contributed by atoms with Crippen LogP contribution in [0, 0.1) is 0 Å². The fraction of sp³-hybridized carbons (Fsp3) is 0.0833. The number of hydrogen-bond acceptors (Lipinski definition) is 3. The summed E-state index contributed by atoms with van der Waals surface area (Å²) in [4.78, 5) is 14.9. The zero-order valence-corrected chi connectivity index (χ0v) is 9.90. The summed E-state index contributed by atoms with van der Waals surface area (Å²) < 4.78 is 0. The molecule has 0 bridgehead atoms. The molecule has 0 radical (unpaired) electrons. The van der Waals surface area contributed by atoms with Crippen LogP contribution in [0.3, 0.4) is 0 Å². The first-order chi connectivity index (χ1) is 8.16. The molecule has 2 rings (SSSR count). The first-order valence-corrected chi connectivity index (χ1v) is 5.39. The highest BCUT2D eigenvalue weighted by Crippen LogP contribution is 2.18. The third-order valence-corrected chi connectivity index (χ3v) is 2.43. The average molecular weight is 248 g/mol. The van der Waals surface area contributed by atoms with Crippen LogP contribution in [0.1, 0.15) is 12.5 Å². The van der Waals surface area contributed by atoms with Crippen LogP contribution in [0.25, 0.3) is 10.9 Å². The molecule has 86 valence electrons. The van der Waals surface area contributed by atoms with Gasteiger partial charge in [0.25, 0.3) is 0 Å². The number of nitrogens with one attached hydrogen (secondary N) is 1. The summed E-state index contributed by atoms with van der Waals surface area (Å²) in [6.45, 7) is 1.39. The standard InChI is InChI=1S/C12H10ClN3O/c1-8(17)16-14-7-10-6-9-4-2-3-5-11(9)15-12(10)13/h2-7H,1H3,(H,16,17)/b14-7+. The number of benzene rings is 1. The summed E-state index contributed by atoms with van der Waals surface area (Å²) in [5, 5.41) is 5.09. The lowest BCUT2D eigenvalue weighted by molar-refractivity contribution is -0.118. The molecular weight excluding hydrogens is 238 g/mol. The van der Waals surface area contributed by atoms with Crippen molar-refractivity contribution in [2.75, 3.05) is 0 Å². The summed E-state index contributed by atoms with van der Waals surface area (Å²) in [7, 11) is 0. The maximum absolute atomic E-state index is 10.7. The van der Waals surface area contributed by atoms with E-state index in [1.165, 1.54) is 13.1 Å². The molecule has 17 heavy (non-hydrogen) atoms. The second-order valence-electron chi connectivity index (χ2n) is 3.49. The smallest absolute Gasteiger partial charge is 0.236 e. The van der Waals surface area contributed by atoms with E-state index >= 15 is 0 Å². The van der Waals surface area contributed by atoms with E-state index < -0.39 is 0 Å². The molecule has 1 aromatic heterocycles. The Balaban J connectivity index is 2.37. The van der Waals surface area contributed by atoms with Crippen molar-refractivity contribution in [1.82, 2.24) is 10.4 Å². The summed E-state index contributed by atoms with van der Waals surface area (Å²) >= 11 is 6.00. The van der Waals surface area contributed by atoms with Gasteiger partial charge in [0, 0.05) is 17.9 Å². The van der Waals surface area contributed by atoms with Crippen LogP contribution in [-0.2, 0) is 4.79 Å². The van der Waals surface area contributed by atoms with Gasteiger partial charge >= 0.3 is 0 Å². The summed E-state index contributed by atoms with van der Waals surface area (Å²) in [5.41, 5.74) is 3.81. The first-order valence-electron chi connectivity index (χ1n) is 5.02. The molecule has 1 N–H and O–H groups in total. The Kier molecular flexibility index (Phi) is 3.35. The SMILES string of the molecule is CC(=O)N/N=C/c1cc2ccccc2nc1Cl. The number of nitrogens with zero attached hydrogens (tertiary/aromatic N) is 2. The van der Waals surface area contributed by atoms with Crippen molar-refractivity contribution in [1.29, 1.82) is 0 Å². The third kappa shape index (κ3) is 2.79. The molecule has 0 aliphatic heterocycles. The molecule has 5 heteroatoms. The van der Waals surface area contributed by atoms with Crippen molar-refractivity contribution in [2.24, 2.45) is 5.10 Å². The maximum Gasteiger partial charge on any atom is 0.236 e. The van der Waals surface area contributed by atoms with Crippen LogP contribution in [0.15, 0.2) is 35.4 Å². The summed E-state index contributed by atoms with van der Waals surface area (Å²) in [6.07, 6.45) is 1.48. The Labute approximate surface area is 103 Å². The van der Waals surface area contributed by atoms with Crippen LogP contribution >= 0.6 is 11.6 Å². The molecule has 1 amide bonds. The summed E-state index contributed by atoms with van der Waals surface area (Å²) in [5.74, 6) is -0.230. The predicted molar refractivity (Wildman–Crippen MR) is 68.2 cm³/mol. The van der Waals surface area contributed by atoms with Crippen LogP contribution in [0.4, 0.5) is 0 Å². The highest BCUT2D eigenvalue weighted by atomic mass is 35.5. The molecule has 1 aromatic carbocycles. The molecule has 1 heterocycles. The Hall–Kier alpha value is -1.94. The number of amides is 1. The molecule has 0 atom stereocenters. The van der Waals surface area contributed by atoms with Gasteiger partial charge in [0.15, 0.2) is 0 Å². The fourth-order valence-electron chi connectivity index (χ4n) is 1.39. The van der Waals surface area contributed by atoms with Gasteiger partial charge in [0.05, 0.1) is 11.7 Å². The second-order valence-corrected chi connectivity index (χ2v) is 3.85. The van der Waals surface area contributed by atoms with Crippen LogP contribution in [-0.4, -0.2) is 17.1 Å². The van der Waals surface area contributed by atoms with Gasteiger partial charge in [-0.05, 0) is 12.1 Å². The highest BCUT2D eigenvalue weighted by molar-refractivity contribution is 6.32. The molecule has 0 unspecified atom stereocenters. The lowest BCUT2D eigenvalue weighted by Gasteiger charge is -2.01. The third-order valence-electron chi connectivity index (χ3n) is 2.13. The van der Waals surface area contributed by atoms with Crippen molar-refractivity contribution in [2.45, 2.75) is 6.92 Å². The average Bonchev–Trinajstić information content (AvgIpc) is 2.29. The number of pyridine rings is 1. The highest BCUT2D eigenvalue weighted by Gasteiger charge is 2.02. The van der Waals surface area contributed by atoms with Crippen molar-refractivity contribution in [3.8, 4) is 0 Å². The van der Waals surface area contributed by atoms with Crippen molar-refractivity contribution in [3.63, 3.8) is 0 Å². The van der Waals surface area contributed by atoms with E-state index in [4.69, 9.17) is 11.6 Å². The number of hydrazone groups is 1. The van der Waals surface area contributed by atoms with Crippen LogP contribution in [0.2, 0.25) is 5.15 Å². The van der Waals surface area contributed by atoms with Gasteiger partial charge in [0.1, 0.15) is 5.15 Å². The quantitative estimate of drug-likeness (QED) is 0.503. The largest absolute Gasteiger partial charge is 0.274 e. The van der Waals surface area contributed by atoms with Gasteiger partial charge < -0.3 is 0 Å². The number of aromatic nitrogens is 1. The van der Waals surface area contributed by atoms with Crippen molar-refractivity contribution in [3.05, 3.63) is 41.0 Å². The van der Waals surface area contributed by atoms with Gasteiger partial charge in [0.2, 0.25) is 5.91 Å². The maximum atomic E-state index is 10.7. The molecule has 0 saturated heterocycles. The normalized spacial score (nSPS) is 10.9. The molecule has 0 spiro atoms. The predicted octanol–water partition coefficient (Wildman–Crippen LogP) is 2.36. The molecule has 4 nitrogen and oxygen atoms in total. The monoisotopic (exact) mass is 247 g/mol. The first kappa shape index (κ1) is 11.5. The lowest BCUT2D eigenvalue weighted by Crippen LogP contribution is -2.12. The second kappa shape index (κ2) is 4.93. The number of para-hydroxylation sites is 1. The number of fused-ring (bicyclic) bond motifs is 1. The minimum absolute atomic E-state index is 0.230. The number of halogens is 1. The molecule has 0 saturated carbocycles. The zero-order valence-electron chi connectivity index (χ0n) is 9.14. The van der Waals surface area contributed by atoms with Gasteiger partial charge in [-0.2, -0.15) is 5.10 Å². The topological polar surface area (TPSA) is 54.4 Å². The fourth-order valence-corrected chi connectivity index (χ4v) is 1.59. The number of hydrogen-bond donors (Lipinski definition) is 1. The van der Waals surface area contributed by atoms with E-state index in [1.807, 2.05) is 30.3 Å². The number of carbonyl (C=O) groups excluding carboxylic acids is 1. The van der Waals surface area contributed by atoms with E-state index in [0.717, 1.165) is 10.9 Å². The number of rotatable bonds is 2. The molecular formula is C12H10ClN3O. The lowest BCUT2D eigenvalue weighted by atomic mass is 10.2. The van der Waals surface area contributed by atoms with Crippen LogP contribution < -0.4 is 5.43 Å². The number of carbonyl (C=O) groups is 1. The molecule has 0 aliphatic carbocycles. The van der Waals surface area contributed by atoms with E-state index in [0.29, 0.717) is 10.7 Å². The van der Waals surface area contributed by atoms with Gasteiger partial charge in [-0.25, -0.2) is 10.4 Å². The van der Waals surface area contributed by atoms with Crippen LogP contribution in [0.5, 0.6) is 0 Å². The molecule has 0 fully saturated rings.